The lowest BCUT2D eigenvalue weighted by Crippen LogP contribution is -2.36. The number of ether oxygens (including phenoxy) is 1. The molecule has 0 unspecified atom stereocenters. The van der Waals surface area contributed by atoms with Crippen molar-refractivity contribution >= 4 is 35.2 Å². The Labute approximate surface area is 172 Å². The normalized spacial score (nSPS) is 24.3. The molecule has 4 rings (SSSR count). The summed E-state index contributed by atoms with van der Waals surface area (Å²) in [5.74, 6) is 0.859. The number of thioether (sulfide) groups is 2. The van der Waals surface area contributed by atoms with Gasteiger partial charge in [0.2, 0.25) is 5.91 Å². The molecule has 2 N–H and O–H groups in total. The summed E-state index contributed by atoms with van der Waals surface area (Å²) in [6, 6.07) is 8.32. The van der Waals surface area contributed by atoms with Gasteiger partial charge in [-0.25, -0.2) is 0 Å². The van der Waals surface area contributed by atoms with Crippen LogP contribution in [0.1, 0.15) is 49.1 Å². The fourth-order valence-corrected chi connectivity index (χ4v) is 5.51. The number of amides is 1. The maximum atomic E-state index is 13.0. The third-order valence-corrected chi connectivity index (χ3v) is 7.33. The summed E-state index contributed by atoms with van der Waals surface area (Å²) in [6.45, 7) is 4.75. The highest BCUT2D eigenvalue weighted by Crippen LogP contribution is 2.42. The number of aromatic amines is 1. The molecule has 150 valence electrons. The number of carbonyl (C=O) groups is 1. The highest BCUT2D eigenvalue weighted by atomic mass is 32.2. The molecule has 0 radical (unpaired) electrons. The average Bonchev–Trinajstić information content (AvgIpc) is 2.87. The molecule has 2 aromatic rings. The second kappa shape index (κ2) is 7.65. The van der Waals surface area contributed by atoms with Gasteiger partial charge in [0, 0.05) is 11.5 Å². The zero-order valence-corrected chi connectivity index (χ0v) is 17.9. The van der Waals surface area contributed by atoms with Crippen molar-refractivity contribution < 1.29 is 9.53 Å². The summed E-state index contributed by atoms with van der Waals surface area (Å²) in [5, 5.41) is 5.81. The third kappa shape index (κ3) is 3.77. The Kier molecular flexibility index (Phi) is 5.37. The van der Waals surface area contributed by atoms with Gasteiger partial charge in [0.1, 0.15) is 5.82 Å². The molecule has 8 heteroatoms. The summed E-state index contributed by atoms with van der Waals surface area (Å²) >= 11 is 3.18. The highest BCUT2D eigenvalue weighted by Gasteiger charge is 2.35. The van der Waals surface area contributed by atoms with E-state index < -0.39 is 0 Å². The molecule has 3 heterocycles. The molecule has 0 bridgehead atoms. The Morgan fingerprint density at radius 3 is 2.68 bits per heavy atom. The molecule has 6 nitrogen and oxygen atoms in total. The summed E-state index contributed by atoms with van der Waals surface area (Å²) in [4.78, 5) is 26.6. The maximum absolute atomic E-state index is 13.0. The van der Waals surface area contributed by atoms with Gasteiger partial charge in [0.05, 0.1) is 28.2 Å². The number of aromatic nitrogens is 2. The fourth-order valence-electron chi connectivity index (χ4n) is 3.98. The molecule has 1 fully saturated rings. The van der Waals surface area contributed by atoms with Crippen molar-refractivity contribution in [2.45, 2.75) is 48.5 Å². The van der Waals surface area contributed by atoms with Crippen LogP contribution in [-0.2, 0) is 9.53 Å². The molecule has 28 heavy (non-hydrogen) atoms. The molecule has 1 amide bonds. The summed E-state index contributed by atoms with van der Waals surface area (Å²) < 4.78 is 7.70. The molecule has 0 aliphatic carbocycles. The zero-order chi connectivity index (χ0) is 19.9. The Hall–Kier alpha value is -1.64. The maximum Gasteiger partial charge on any atom is 0.270 e. The van der Waals surface area contributed by atoms with E-state index in [1.165, 1.54) is 16.7 Å². The van der Waals surface area contributed by atoms with E-state index >= 15 is 0 Å². The van der Waals surface area contributed by atoms with Crippen LogP contribution in [0, 0.1) is 0 Å². The van der Waals surface area contributed by atoms with E-state index in [1.807, 2.05) is 10.9 Å². The van der Waals surface area contributed by atoms with Crippen molar-refractivity contribution in [2.75, 3.05) is 23.9 Å². The molecular formula is C20H25N3O3S2. The molecule has 0 spiro atoms. The van der Waals surface area contributed by atoms with E-state index in [9.17, 15) is 9.59 Å². The van der Waals surface area contributed by atoms with Gasteiger partial charge in [-0.15, -0.1) is 23.5 Å². The van der Waals surface area contributed by atoms with Crippen molar-refractivity contribution in [3.05, 3.63) is 45.7 Å². The van der Waals surface area contributed by atoms with Gasteiger partial charge in [0.25, 0.3) is 5.56 Å². The largest absolute Gasteiger partial charge is 0.375 e. The second-order valence-electron chi connectivity index (χ2n) is 7.84. The van der Waals surface area contributed by atoms with Crippen molar-refractivity contribution in [3.63, 3.8) is 0 Å². The fraction of sp³-hybridized carbons (Fsp3) is 0.500. The number of carbonyl (C=O) groups excluding carboxylic acids is 1. The molecule has 0 saturated carbocycles. The number of anilines is 1. The Morgan fingerprint density at radius 1 is 1.25 bits per heavy atom. The van der Waals surface area contributed by atoms with Gasteiger partial charge >= 0.3 is 0 Å². The van der Waals surface area contributed by atoms with Gasteiger partial charge in [0.15, 0.2) is 0 Å². The average molecular weight is 420 g/mol. The minimum Gasteiger partial charge on any atom is -0.375 e. The van der Waals surface area contributed by atoms with Crippen molar-refractivity contribution in [3.8, 4) is 0 Å². The molecular weight excluding hydrogens is 394 g/mol. The molecule has 2 aliphatic heterocycles. The van der Waals surface area contributed by atoms with E-state index in [-0.39, 0.29) is 28.4 Å². The third-order valence-electron chi connectivity index (χ3n) is 5.32. The van der Waals surface area contributed by atoms with Crippen molar-refractivity contribution in [1.29, 1.82) is 0 Å². The first-order chi connectivity index (χ1) is 13.4. The number of hydrogen-bond donors (Lipinski definition) is 2. The van der Waals surface area contributed by atoms with Gasteiger partial charge in [-0.05, 0) is 50.6 Å². The molecule has 1 aromatic heterocycles. The first kappa shape index (κ1) is 19.7. The lowest BCUT2D eigenvalue weighted by Gasteiger charge is -2.36. The van der Waals surface area contributed by atoms with Gasteiger partial charge in [-0.1, -0.05) is 12.1 Å². The van der Waals surface area contributed by atoms with Crippen LogP contribution in [0.3, 0.4) is 0 Å². The Morgan fingerprint density at radius 2 is 2.00 bits per heavy atom. The second-order valence-corrected chi connectivity index (χ2v) is 9.81. The summed E-state index contributed by atoms with van der Waals surface area (Å²) in [7, 11) is 0. The van der Waals surface area contributed by atoms with Crippen LogP contribution >= 0.6 is 23.5 Å². The quantitative estimate of drug-likeness (QED) is 0.740. The first-order valence-corrected chi connectivity index (χ1v) is 11.7. The van der Waals surface area contributed by atoms with Crippen LogP contribution in [0.2, 0.25) is 0 Å². The first-order valence-electron chi connectivity index (χ1n) is 9.42. The number of hydrogen-bond acceptors (Lipinski definition) is 5. The highest BCUT2D eigenvalue weighted by molar-refractivity contribution is 8.00. The molecule has 1 aromatic carbocycles. The van der Waals surface area contributed by atoms with E-state index in [1.54, 1.807) is 11.8 Å². The Bertz CT molecular complexity index is 933. The smallest absolute Gasteiger partial charge is 0.270 e. The van der Waals surface area contributed by atoms with Gasteiger partial charge < -0.3 is 10.1 Å². The van der Waals surface area contributed by atoms with Crippen LogP contribution in [0.15, 0.2) is 34.0 Å². The van der Waals surface area contributed by atoms with Crippen LogP contribution in [0.5, 0.6) is 0 Å². The molecule has 2 aliphatic rings. The predicted molar refractivity (Wildman–Crippen MR) is 115 cm³/mol. The van der Waals surface area contributed by atoms with Crippen LogP contribution in [0.4, 0.5) is 5.82 Å². The van der Waals surface area contributed by atoms with Crippen molar-refractivity contribution in [2.24, 2.45) is 0 Å². The van der Waals surface area contributed by atoms with E-state index in [0.717, 1.165) is 18.4 Å². The lowest BCUT2D eigenvalue weighted by molar-refractivity contribution is -0.113. The molecule has 2 atom stereocenters. The van der Waals surface area contributed by atoms with Gasteiger partial charge in [-0.3, -0.25) is 19.4 Å². The minimum absolute atomic E-state index is 0.0754. The van der Waals surface area contributed by atoms with E-state index in [4.69, 9.17) is 4.74 Å². The van der Waals surface area contributed by atoms with E-state index in [2.05, 4.69) is 48.5 Å². The minimum atomic E-state index is -0.256. The van der Waals surface area contributed by atoms with E-state index in [0.29, 0.717) is 23.7 Å². The number of nitrogens with zero attached hydrogens (tertiary/aromatic N) is 1. The lowest BCUT2D eigenvalue weighted by atomic mass is 9.94. The number of benzene rings is 1. The summed E-state index contributed by atoms with van der Waals surface area (Å²) in [5.41, 5.74) is 1.29. The standard InChI is InChI=1S/C20H25N3O3S2/c1-20(2)10-13(8-9-26-20)23-18-16(19(25)22-23)17(28-11-15(24)21-18)12-4-6-14(27-3)7-5-12/h4-7,13,17H,8-11H2,1-3H3,(H,21,24)(H,22,25)/t13-,17+/m0/s1. The Balaban J connectivity index is 1.77. The topological polar surface area (TPSA) is 76.1 Å². The number of nitrogens with one attached hydrogen (secondary N) is 2. The number of fused-ring (bicyclic) bond motifs is 1. The van der Waals surface area contributed by atoms with Gasteiger partial charge in [-0.2, -0.15) is 0 Å². The number of rotatable bonds is 3. The van der Waals surface area contributed by atoms with Crippen molar-refractivity contribution in [1.82, 2.24) is 9.78 Å². The summed E-state index contributed by atoms with van der Waals surface area (Å²) in [6.07, 6.45) is 3.62. The number of H-pyrrole nitrogens is 1. The van der Waals surface area contributed by atoms with Crippen LogP contribution in [-0.4, -0.2) is 39.9 Å². The van der Waals surface area contributed by atoms with Crippen LogP contribution in [0.25, 0.3) is 0 Å². The monoisotopic (exact) mass is 419 g/mol. The SMILES string of the molecule is CSc1ccc([C@H]2SCC(=O)Nc3c2c(=O)[nH]n3[C@H]2CCOC(C)(C)C2)cc1. The molecule has 1 saturated heterocycles. The van der Waals surface area contributed by atoms with Crippen LogP contribution < -0.4 is 10.9 Å². The zero-order valence-electron chi connectivity index (χ0n) is 16.3. The predicted octanol–water partition coefficient (Wildman–Crippen LogP) is 3.80.